The SMILES string of the molecule is CCCCCC(=O)Oc1c(C2CCC(CCCC)(N(C)C)CC2)[nH]c2ccccc12. The molecule has 1 aliphatic carbocycles. The van der Waals surface area contributed by atoms with Gasteiger partial charge in [0.1, 0.15) is 0 Å². The van der Waals surface area contributed by atoms with Crippen LogP contribution >= 0.6 is 0 Å². The second kappa shape index (κ2) is 10.5. The Labute approximate surface area is 182 Å². The smallest absolute Gasteiger partial charge is 0.311 e. The monoisotopic (exact) mass is 412 g/mol. The van der Waals surface area contributed by atoms with Crippen LogP contribution in [0.25, 0.3) is 10.9 Å². The minimum absolute atomic E-state index is 0.101. The molecule has 0 atom stereocenters. The largest absolute Gasteiger partial charge is 0.424 e. The summed E-state index contributed by atoms with van der Waals surface area (Å²) in [6.45, 7) is 4.43. The number of benzene rings is 1. The molecule has 1 fully saturated rings. The number of aromatic nitrogens is 1. The molecule has 1 aromatic carbocycles. The van der Waals surface area contributed by atoms with Gasteiger partial charge in [-0.25, -0.2) is 0 Å². The van der Waals surface area contributed by atoms with Gasteiger partial charge in [0.2, 0.25) is 0 Å². The lowest BCUT2D eigenvalue weighted by molar-refractivity contribution is -0.134. The molecule has 0 amide bonds. The second-order valence-electron chi connectivity index (χ2n) is 9.34. The molecule has 0 unspecified atom stereocenters. The lowest BCUT2D eigenvalue weighted by Crippen LogP contribution is -2.46. The van der Waals surface area contributed by atoms with Crippen molar-refractivity contribution in [3.8, 4) is 5.75 Å². The van der Waals surface area contributed by atoms with Crippen molar-refractivity contribution >= 4 is 16.9 Å². The molecule has 4 nitrogen and oxygen atoms in total. The third kappa shape index (κ3) is 5.08. The van der Waals surface area contributed by atoms with Crippen molar-refractivity contribution in [2.24, 2.45) is 0 Å². The molecule has 1 heterocycles. The number of fused-ring (bicyclic) bond motifs is 1. The van der Waals surface area contributed by atoms with Gasteiger partial charge in [-0.3, -0.25) is 4.79 Å². The quantitative estimate of drug-likeness (QED) is 0.345. The van der Waals surface area contributed by atoms with Gasteiger partial charge in [-0.1, -0.05) is 51.7 Å². The summed E-state index contributed by atoms with van der Waals surface area (Å²) in [5.74, 6) is 1.10. The van der Waals surface area contributed by atoms with Crippen LogP contribution in [0.15, 0.2) is 24.3 Å². The molecule has 1 saturated carbocycles. The van der Waals surface area contributed by atoms with Crippen LogP contribution in [0.4, 0.5) is 0 Å². The molecule has 3 rings (SSSR count). The van der Waals surface area contributed by atoms with Crippen LogP contribution < -0.4 is 4.74 Å². The fourth-order valence-corrected chi connectivity index (χ4v) is 5.09. The maximum Gasteiger partial charge on any atom is 0.311 e. The van der Waals surface area contributed by atoms with E-state index in [0.717, 1.165) is 54.5 Å². The van der Waals surface area contributed by atoms with E-state index in [1.165, 1.54) is 32.1 Å². The molecule has 1 aromatic heterocycles. The van der Waals surface area contributed by atoms with Crippen molar-refractivity contribution in [3.63, 3.8) is 0 Å². The first-order valence-corrected chi connectivity index (χ1v) is 12.0. The number of aromatic amines is 1. The van der Waals surface area contributed by atoms with E-state index < -0.39 is 0 Å². The Balaban J connectivity index is 1.80. The van der Waals surface area contributed by atoms with Crippen molar-refractivity contribution in [3.05, 3.63) is 30.0 Å². The second-order valence-corrected chi connectivity index (χ2v) is 9.34. The van der Waals surface area contributed by atoms with Crippen LogP contribution in [-0.4, -0.2) is 35.5 Å². The summed E-state index contributed by atoms with van der Waals surface area (Å²) < 4.78 is 5.98. The number of nitrogens with zero attached hydrogens (tertiary/aromatic N) is 1. The van der Waals surface area contributed by atoms with Gasteiger partial charge in [-0.05, 0) is 64.8 Å². The Hall–Kier alpha value is -1.81. The topological polar surface area (TPSA) is 45.3 Å². The first-order valence-electron chi connectivity index (χ1n) is 12.0. The van der Waals surface area contributed by atoms with E-state index in [-0.39, 0.29) is 5.97 Å². The van der Waals surface area contributed by atoms with Crippen LogP contribution in [0.1, 0.15) is 96.1 Å². The lowest BCUT2D eigenvalue weighted by Gasteiger charge is -2.45. The predicted molar refractivity (Wildman–Crippen MR) is 125 cm³/mol. The number of para-hydroxylation sites is 1. The number of unbranched alkanes of at least 4 members (excludes halogenated alkanes) is 3. The van der Waals surface area contributed by atoms with E-state index >= 15 is 0 Å². The molecule has 0 bridgehead atoms. The highest BCUT2D eigenvalue weighted by atomic mass is 16.5. The number of carbonyl (C=O) groups is 1. The van der Waals surface area contributed by atoms with Crippen LogP contribution in [-0.2, 0) is 4.79 Å². The Bertz CT molecular complexity index is 816. The minimum atomic E-state index is -0.101. The molecular formula is C26H40N2O2. The summed E-state index contributed by atoms with van der Waals surface area (Å²) in [5.41, 5.74) is 2.51. The number of hydrogen-bond donors (Lipinski definition) is 1. The number of H-pyrrole nitrogens is 1. The zero-order valence-electron chi connectivity index (χ0n) is 19.4. The molecule has 0 spiro atoms. The van der Waals surface area contributed by atoms with Gasteiger partial charge in [0.25, 0.3) is 0 Å². The normalized spacial score (nSPS) is 22.0. The van der Waals surface area contributed by atoms with Gasteiger partial charge in [-0.2, -0.15) is 0 Å². The standard InChI is InChI=1S/C26H40N2O2/c1-5-7-9-14-23(29)30-25-21-12-10-11-13-22(21)27-24(25)20-15-18-26(19-16-20,28(3)4)17-8-6-2/h10-13,20,27H,5-9,14-19H2,1-4H3. The maximum atomic E-state index is 12.5. The zero-order chi connectivity index (χ0) is 21.6. The number of nitrogens with one attached hydrogen (secondary N) is 1. The van der Waals surface area contributed by atoms with Gasteiger partial charge in [0, 0.05) is 28.8 Å². The van der Waals surface area contributed by atoms with Gasteiger partial charge in [-0.15, -0.1) is 0 Å². The molecule has 1 aliphatic rings. The van der Waals surface area contributed by atoms with E-state index in [4.69, 9.17) is 4.74 Å². The van der Waals surface area contributed by atoms with Crippen LogP contribution in [0, 0.1) is 0 Å². The number of rotatable bonds is 10. The highest BCUT2D eigenvalue weighted by Crippen LogP contribution is 2.46. The van der Waals surface area contributed by atoms with Crippen molar-refractivity contribution < 1.29 is 9.53 Å². The molecule has 0 aliphatic heterocycles. The molecule has 0 radical (unpaired) electrons. The molecular weight excluding hydrogens is 372 g/mol. The summed E-state index contributed by atoms with van der Waals surface area (Å²) in [7, 11) is 4.48. The van der Waals surface area contributed by atoms with Crippen LogP contribution in [0.3, 0.4) is 0 Å². The number of carbonyl (C=O) groups excluding carboxylic acids is 1. The van der Waals surface area contributed by atoms with Crippen molar-refractivity contribution in [2.45, 2.75) is 95.9 Å². The Morgan fingerprint density at radius 3 is 2.47 bits per heavy atom. The fraction of sp³-hybridized carbons (Fsp3) is 0.654. The van der Waals surface area contributed by atoms with Gasteiger partial charge in [0.15, 0.2) is 5.75 Å². The summed E-state index contributed by atoms with van der Waals surface area (Å²) in [6, 6.07) is 8.22. The molecule has 4 heteroatoms. The van der Waals surface area contributed by atoms with Crippen molar-refractivity contribution in [1.82, 2.24) is 9.88 Å². The molecule has 1 N–H and O–H groups in total. The van der Waals surface area contributed by atoms with E-state index in [2.05, 4.69) is 50.0 Å². The van der Waals surface area contributed by atoms with Crippen molar-refractivity contribution in [2.75, 3.05) is 14.1 Å². The number of ether oxygens (including phenoxy) is 1. The van der Waals surface area contributed by atoms with Crippen LogP contribution in [0.2, 0.25) is 0 Å². The zero-order valence-corrected chi connectivity index (χ0v) is 19.4. The maximum absolute atomic E-state index is 12.5. The lowest BCUT2D eigenvalue weighted by atomic mass is 9.72. The predicted octanol–water partition coefficient (Wildman–Crippen LogP) is 6.80. The average Bonchev–Trinajstić information content (AvgIpc) is 3.11. The highest BCUT2D eigenvalue weighted by Gasteiger charge is 2.38. The van der Waals surface area contributed by atoms with E-state index in [9.17, 15) is 4.79 Å². The first-order chi connectivity index (χ1) is 14.5. The van der Waals surface area contributed by atoms with Gasteiger partial charge < -0.3 is 14.6 Å². The summed E-state index contributed by atoms with van der Waals surface area (Å²) in [6.07, 6.45) is 12.1. The van der Waals surface area contributed by atoms with Crippen LogP contribution in [0.5, 0.6) is 5.75 Å². The molecule has 2 aromatic rings. The summed E-state index contributed by atoms with van der Waals surface area (Å²) in [4.78, 5) is 18.6. The Kier molecular flexibility index (Phi) is 7.99. The summed E-state index contributed by atoms with van der Waals surface area (Å²) >= 11 is 0. The van der Waals surface area contributed by atoms with Crippen molar-refractivity contribution in [1.29, 1.82) is 0 Å². The minimum Gasteiger partial charge on any atom is -0.424 e. The van der Waals surface area contributed by atoms with E-state index in [0.29, 0.717) is 17.9 Å². The third-order valence-corrected chi connectivity index (χ3v) is 7.15. The summed E-state index contributed by atoms with van der Waals surface area (Å²) in [5, 5.41) is 1.03. The average molecular weight is 413 g/mol. The highest BCUT2D eigenvalue weighted by molar-refractivity contribution is 5.90. The van der Waals surface area contributed by atoms with Gasteiger partial charge in [0.05, 0.1) is 5.69 Å². The van der Waals surface area contributed by atoms with E-state index in [1.807, 2.05) is 12.1 Å². The van der Waals surface area contributed by atoms with E-state index in [1.54, 1.807) is 0 Å². The molecule has 30 heavy (non-hydrogen) atoms. The Morgan fingerprint density at radius 2 is 1.80 bits per heavy atom. The van der Waals surface area contributed by atoms with Gasteiger partial charge >= 0.3 is 5.97 Å². The number of esters is 1. The fourth-order valence-electron chi connectivity index (χ4n) is 5.09. The molecule has 166 valence electrons. The molecule has 0 saturated heterocycles. The first kappa shape index (κ1) is 22.9. The Morgan fingerprint density at radius 1 is 1.10 bits per heavy atom. The number of hydrogen-bond acceptors (Lipinski definition) is 3. The third-order valence-electron chi connectivity index (χ3n) is 7.15.